The van der Waals surface area contributed by atoms with Gasteiger partial charge in [-0.25, -0.2) is 0 Å². The third kappa shape index (κ3) is 3.02. The van der Waals surface area contributed by atoms with Gasteiger partial charge in [0.25, 0.3) is 0 Å². The fourth-order valence-electron chi connectivity index (χ4n) is 2.79. The highest BCUT2D eigenvalue weighted by atomic mass is 35.5. The summed E-state index contributed by atoms with van der Waals surface area (Å²) < 4.78 is 0. The lowest BCUT2D eigenvalue weighted by Crippen LogP contribution is -2.39. The Morgan fingerprint density at radius 3 is 2.47 bits per heavy atom. The molecule has 1 aliphatic rings. The van der Waals surface area contributed by atoms with Crippen molar-refractivity contribution < 1.29 is 0 Å². The van der Waals surface area contributed by atoms with E-state index in [-0.39, 0.29) is 0 Å². The number of rotatable bonds is 3. The molecule has 94 valence electrons. The van der Waals surface area contributed by atoms with Crippen LogP contribution >= 0.6 is 11.6 Å². The van der Waals surface area contributed by atoms with Crippen molar-refractivity contribution >= 4 is 11.6 Å². The third-order valence-corrected chi connectivity index (χ3v) is 4.33. The van der Waals surface area contributed by atoms with E-state index < -0.39 is 0 Å². The normalized spacial score (nSPS) is 24.8. The van der Waals surface area contributed by atoms with E-state index in [0.717, 1.165) is 5.02 Å². The molecule has 1 aromatic rings. The van der Waals surface area contributed by atoms with E-state index in [1.807, 2.05) is 12.1 Å². The monoisotopic (exact) mass is 251 g/mol. The van der Waals surface area contributed by atoms with Gasteiger partial charge in [0.05, 0.1) is 0 Å². The van der Waals surface area contributed by atoms with Crippen LogP contribution in [0.5, 0.6) is 0 Å². The van der Waals surface area contributed by atoms with Crippen LogP contribution in [0.3, 0.4) is 0 Å². The molecule has 0 aromatic heterocycles. The van der Waals surface area contributed by atoms with E-state index in [2.05, 4.69) is 38.2 Å². The molecule has 2 atom stereocenters. The molecule has 1 nitrogen and oxygen atoms in total. The maximum absolute atomic E-state index is 5.91. The Morgan fingerprint density at radius 2 is 1.94 bits per heavy atom. The van der Waals surface area contributed by atoms with E-state index in [1.165, 1.54) is 24.8 Å². The molecule has 1 aliphatic carbocycles. The van der Waals surface area contributed by atoms with Gasteiger partial charge in [-0.2, -0.15) is 0 Å². The first-order chi connectivity index (χ1) is 7.99. The van der Waals surface area contributed by atoms with E-state index >= 15 is 0 Å². The molecule has 2 unspecified atom stereocenters. The minimum Gasteiger partial charge on any atom is -0.307 e. The highest BCUT2D eigenvalue weighted by molar-refractivity contribution is 6.30. The summed E-state index contributed by atoms with van der Waals surface area (Å²) in [6, 6.07) is 9.19. The molecule has 0 heterocycles. The molecule has 2 rings (SSSR count). The highest BCUT2D eigenvalue weighted by Gasteiger charge is 2.34. The smallest absolute Gasteiger partial charge is 0.0406 e. The Balaban J connectivity index is 2.01. The summed E-state index contributed by atoms with van der Waals surface area (Å²) in [6.45, 7) is 6.97. The van der Waals surface area contributed by atoms with Crippen LogP contribution in [-0.2, 0) is 0 Å². The summed E-state index contributed by atoms with van der Waals surface area (Å²) in [6.07, 6.45) is 3.97. The van der Waals surface area contributed by atoms with Gasteiger partial charge in [0.15, 0.2) is 0 Å². The van der Waals surface area contributed by atoms with E-state index in [9.17, 15) is 0 Å². The van der Waals surface area contributed by atoms with Gasteiger partial charge < -0.3 is 5.32 Å². The summed E-state index contributed by atoms with van der Waals surface area (Å²) in [5.41, 5.74) is 1.75. The van der Waals surface area contributed by atoms with Crippen LogP contribution in [0.15, 0.2) is 24.3 Å². The van der Waals surface area contributed by atoms with Crippen LogP contribution in [0.25, 0.3) is 0 Å². The Labute approximate surface area is 110 Å². The van der Waals surface area contributed by atoms with Crippen molar-refractivity contribution in [1.82, 2.24) is 5.32 Å². The van der Waals surface area contributed by atoms with E-state index in [1.54, 1.807) is 0 Å². The lowest BCUT2D eigenvalue weighted by molar-refractivity contribution is 0.266. The predicted molar refractivity (Wildman–Crippen MR) is 74.4 cm³/mol. The molecular weight excluding hydrogens is 230 g/mol. The van der Waals surface area contributed by atoms with Gasteiger partial charge in [0.2, 0.25) is 0 Å². The van der Waals surface area contributed by atoms with Crippen LogP contribution in [0, 0.1) is 5.41 Å². The maximum atomic E-state index is 5.91. The van der Waals surface area contributed by atoms with Crippen LogP contribution < -0.4 is 5.32 Å². The Bertz CT molecular complexity index is 369. The quantitative estimate of drug-likeness (QED) is 0.830. The zero-order valence-corrected chi connectivity index (χ0v) is 11.7. The lowest BCUT2D eigenvalue weighted by Gasteiger charge is -2.31. The number of nitrogens with one attached hydrogen (secondary N) is 1. The molecule has 0 amide bonds. The van der Waals surface area contributed by atoms with Crippen molar-refractivity contribution in [2.75, 3.05) is 0 Å². The fourth-order valence-corrected chi connectivity index (χ4v) is 2.91. The van der Waals surface area contributed by atoms with Gasteiger partial charge in [-0.15, -0.1) is 0 Å². The standard InChI is InChI=1S/C15H22ClN/c1-11(12-6-8-13(16)9-7-12)17-14-5-4-10-15(14,2)3/h6-9,11,14,17H,4-5,10H2,1-3H3. The molecule has 1 aromatic carbocycles. The van der Waals surface area contributed by atoms with Crippen molar-refractivity contribution in [1.29, 1.82) is 0 Å². The summed E-state index contributed by atoms with van der Waals surface area (Å²) in [5, 5.41) is 4.57. The molecule has 0 saturated heterocycles. The van der Waals surface area contributed by atoms with Crippen molar-refractivity contribution in [2.45, 2.75) is 52.1 Å². The zero-order chi connectivity index (χ0) is 12.5. The van der Waals surface area contributed by atoms with Crippen molar-refractivity contribution in [3.05, 3.63) is 34.9 Å². The molecule has 0 radical (unpaired) electrons. The topological polar surface area (TPSA) is 12.0 Å². The second-order valence-electron chi connectivity index (χ2n) is 5.87. The molecule has 0 spiro atoms. The van der Waals surface area contributed by atoms with Gasteiger partial charge in [-0.3, -0.25) is 0 Å². The van der Waals surface area contributed by atoms with Crippen molar-refractivity contribution in [2.24, 2.45) is 5.41 Å². The van der Waals surface area contributed by atoms with E-state index in [0.29, 0.717) is 17.5 Å². The Hall–Kier alpha value is -0.530. The molecule has 1 fully saturated rings. The molecule has 17 heavy (non-hydrogen) atoms. The van der Waals surface area contributed by atoms with Gasteiger partial charge >= 0.3 is 0 Å². The first kappa shape index (κ1) is 12.9. The number of benzene rings is 1. The van der Waals surface area contributed by atoms with Crippen molar-refractivity contribution in [3.8, 4) is 0 Å². The first-order valence-electron chi connectivity index (χ1n) is 6.50. The average Bonchev–Trinajstić information content (AvgIpc) is 2.59. The zero-order valence-electron chi connectivity index (χ0n) is 11.0. The largest absolute Gasteiger partial charge is 0.307 e. The molecular formula is C15H22ClN. The van der Waals surface area contributed by atoms with Gasteiger partial charge in [-0.05, 0) is 42.9 Å². The average molecular weight is 252 g/mol. The minimum absolute atomic E-state index is 0.398. The second-order valence-corrected chi connectivity index (χ2v) is 6.31. The summed E-state index contributed by atoms with van der Waals surface area (Å²) in [5.74, 6) is 0. The van der Waals surface area contributed by atoms with Crippen LogP contribution in [-0.4, -0.2) is 6.04 Å². The van der Waals surface area contributed by atoms with Crippen LogP contribution in [0.1, 0.15) is 51.6 Å². The fraction of sp³-hybridized carbons (Fsp3) is 0.600. The van der Waals surface area contributed by atoms with E-state index in [4.69, 9.17) is 11.6 Å². The maximum Gasteiger partial charge on any atom is 0.0406 e. The first-order valence-corrected chi connectivity index (χ1v) is 6.88. The number of hydrogen-bond acceptors (Lipinski definition) is 1. The Morgan fingerprint density at radius 1 is 1.29 bits per heavy atom. The molecule has 1 saturated carbocycles. The molecule has 0 aliphatic heterocycles. The summed E-state index contributed by atoms with van der Waals surface area (Å²) in [4.78, 5) is 0. The van der Waals surface area contributed by atoms with Gasteiger partial charge in [-0.1, -0.05) is 44.0 Å². The lowest BCUT2D eigenvalue weighted by atomic mass is 9.86. The second kappa shape index (κ2) is 4.99. The van der Waals surface area contributed by atoms with Crippen LogP contribution in [0.2, 0.25) is 5.02 Å². The van der Waals surface area contributed by atoms with Crippen molar-refractivity contribution in [3.63, 3.8) is 0 Å². The summed E-state index contributed by atoms with van der Waals surface area (Å²) >= 11 is 5.91. The third-order valence-electron chi connectivity index (χ3n) is 4.08. The highest BCUT2D eigenvalue weighted by Crippen LogP contribution is 2.38. The molecule has 1 N–H and O–H groups in total. The number of hydrogen-bond donors (Lipinski definition) is 1. The Kier molecular flexibility index (Phi) is 3.79. The van der Waals surface area contributed by atoms with Gasteiger partial charge in [0.1, 0.15) is 0 Å². The number of halogens is 1. The summed E-state index contributed by atoms with van der Waals surface area (Å²) in [7, 11) is 0. The predicted octanol–water partition coefficient (Wildman–Crippen LogP) is 4.57. The van der Waals surface area contributed by atoms with Gasteiger partial charge in [0, 0.05) is 17.1 Å². The van der Waals surface area contributed by atoms with Crippen LogP contribution in [0.4, 0.5) is 0 Å². The molecule has 2 heteroatoms. The SMILES string of the molecule is CC(NC1CCCC1(C)C)c1ccc(Cl)cc1. The minimum atomic E-state index is 0.398. The molecule has 0 bridgehead atoms.